The van der Waals surface area contributed by atoms with Crippen molar-refractivity contribution in [3.8, 4) is 0 Å². The van der Waals surface area contributed by atoms with Gasteiger partial charge >= 0.3 is 0 Å². The predicted molar refractivity (Wildman–Crippen MR) is 236 cm³/mol. The van der Waals surface area contributed by atoms with Gasteiger partial charge in [-0.25, -0.2) is 0 Å². The maximum atomic E-state index is 12.3. The van der Waals surface area contributed by atoms with Crippen molar-refractivity contribution in [2.75, 3.05) is 52.9 Å². The Kier molecular flexibility index (Phi) is 22.6. The summed E-state index contributed by atoms with van der Waals surface area (Å²) in [7, 11) is 0. The highest BCUT2D eigenvalue weighted by atomic mass is 16.6. The standard InChI is InChI=1S/C45H80N4O12/c1-17-33(50)38(7,8)54-26-22-41(13,46)59-30-45(29-58-37(5,6)21-25-57-44(16,49)36(53)20-4,31-60-42(14,47)23-27-55-39(9,10)34(51)18-2)32-61-43(15,48)24-28-56-40(11,12)35(52)19-3/h17-20H,1-4,21-32,46-49H2,5-16H3. The van der Waals surface area contributed by atoms with E-state index in [1.165, 1.54) is 25.2 Å². The lowest BCUT2D eigenvalue weighted by molar-refractivity contribution is -0.202. The van der Waals surface area contributed by atoms with Crippen LogP contribution in [0.2, 0.25) is 0 Å². The van der Waals surface area contributed by atoms with Crippen molar-refractivity contribution in [2.24, 2.45) is 28.3 Å². The molecule has 0 bridgehead atoms. The molecule has 16 heteroatoms. The Morgan fingerprint density at radius 1 is 0.393 bits per heavy atom. The summed E-state index contributed by atoms with van der Waals surface area (Å²) < 4.78 is 49.2. The van der Waals surface area contributed by atoms with Gasteiger partial charge < -0.3 is 55.1 Å². The van der Waals surface area contributed by atoms with Crippen LogP contribution in [0.4, 0.5) is 0 Å². The van der Waals surface area contributed by atoms with E-state index < -0.39 is 56.5 Å². The van der Waals surface area contributed by atoms with Gasteiger partial charge in [0.05, 0.1) is 63.9 Å². The van der Waals surface area contributed by atoms with Crippen LogP contribution in [0, 0.1) is 5.41 Å². The number of ether oxygens (including phenoxy) is 8. The second kappa shape index (κ2) is 23.7. The van der Waals surface area contributed by atoms with E-state index in [-0.39, 0.29) is 89.5 Å². The van der Waals surface area contributed by atoms with Gasteiger partial charge in [-0.2, -0.15) is 0 Å². The molecule has 0 heterocycles. The molecule has 0 aliphatic rings. The van der Waals surface area contributed by atoms with Crippen LogP contribution >= 0.6 is 0 Å². The first-order chi connectivity index (χ1) is 27.6. The van der Waals surface area contributed by atoms with Crippen LogP contribution in [-0.4, -0.2) is 121 Å². The van der Waals surface area contributed by atoms with Gasteiger partial charge in [0.25, 0.3) is 0 Å². The van der Waals surface area contributed by atoms with E-state index in [9.17, 15) is 19.2 Å². The van der Waals surface area contributed by atoms with E-state index >= 15 is 0 Å². The van der Waals surface area contributed by atoms with E-state index in [0.29, 0.717) is 6.42 Å². The fourth-order valence-corrected chi connectivity index (χ4v) is 5.10. The largest absolute Gasteiger partial charge is 0.375 e. The number of carbonyl (C=O) groups excluding carboxylic acids is 4. The Morgan fingerprint density at radius 3 is 0.934 bits per heavy atom. The lowest BCUT2D eigenvalue weighted by Gasteiger charge is -2.42. The van der Waals surface area contributed by atoms with Crippen LogP contribution < -0.4 is 22.9 Å². The van der Waals surface area contributed by atoms with Crippen molar-refractivity contribution in [2.45, 2.75) is 154 Å². The fourth-order valence-electron chi connectivity index (χ4n) is 5.10. The highest BCUT2D eigenvalue weighted by molar-refractivity contribution is 5.97. The van der Waals surface area contributed by atoms with Crippen molar-refractivity contribution in [3.63, 3.8) is 0 Å². The third-order valence-corrected chi connectivity index (χ3v) is 10.2. The molecule has 0 rings (SSSR count). The molecule has 16 nitrogen and oxygen atoms in total. The minimum absolute atomic E-state index is 0.0557. The summed E-state index contributed by atoms with van der Waals surface area (Å²) in [5.74, 6) is -1.33. The molecule has 0 spiro atoms. The molecule has 0 amide bonds. The minimum atomic E-state index is -1.58. The smallest absolute Gasteiger partial charge is 0.201 e. The zero-order chi connectivity index (χ0) is 47.8. The van der Waals surface area contributed by atoms with Crippen LogP contribution in [0.5, 0.6) is 0 Å². The van der Waals surface area contributed by atoms with Crippen molar-refractivity contribution >= 4 is 23.1 Å². The first-order valence-corrected chi connectivity index (χ1v) is 20.5. The molecule has 0 aliphatic carbocycles. The monoisotopic (exact) mass is 869 g/mol. The molecule has 8 N–H and O–H groups in total. The lowest BCUT2D eigenvalue weighted by Crippen LogP contribution is -2.54. The van der Waals surface area contributed by atoms with Crippen LogP contribution in [-0.2, 0) is 57.1 Å². The average Bonchev–Trinajstić information content (AvgIpc) is 3.15. The van der Waals surface area contributed by atoms with Gasteiger partial charge in [-0.05, 0) is 114 Å². The molecule has 0 saturated carbocycles. The van der Waals surface area contributed by atoms with E-state index in [4.69, 9.17) is 60.8 Å². The SMILES string of the molecule is C=CC(=O)C(C)(C)OCCC(C)(N)OCC(COC(C)(C)CCOC(C)(N)C(=O)C=C)(COC(C)(N)CCOC(C)(C)C(=O)C=C)COC(C)(N)CCOC(C)(C)C(=O)C=C. The third kappa shape index (κ3) is 21.9. The Hall–Kier alpha value is -2.84. The van der Waals surface area contributed by atoms with Crippen molar-refractivity contribution < 1.29 is 57.1 Å². The molecule has 0 aromatic heterocycles. The first-order valence-electron chi connectivity index (χ1n) is 20.5. The summed E-state index contributed by atoms with van der Waals surface area (Å²) in [5.41, 5.74) is 15.3. The van der Waals surface area contributed by atoms with Gasteiger partial charge in [0, 0.05) is 19.3 Å². The summed E-state index contributed by atoms with van der Waals surface area (Å²) in [6, 6.07) is 0. The lowest BCUT2D eigenvalue weighted by atomic mass is 9.90. The molecule has 0 radical (unpaired) electrons. The third-order valence-electron chi connectivity index (χ3n) is 10.2. The topological polar surface area (TPSA) is 246 Å². The zero-order valence-corrected chi connectivity index (χ0v) is 39.3. The normalized spacial score (nSPS) is 17.7. The minimum Gasteiger partial charge on any atom is -0.375 e. The molecule has 0 aliphatic heterocycles. The Labute approximate surface area is 365 Å². The number of hydrogen-bond donors (Lipinski definition) is 4. The molecular formula is C45H80N4O12. The molecule has 0 saturated heterocycles. The fraction of sp³-hybridized carbons (Fsp3) is 0.733. The maximum Gasteiger partial charge on any atom is 0.201 e. The summed E-state index contributed by atoms with van der Waals surface area (Å²) in [6.45, 7) is 34.0. The van der Waals surface area contributed by atoms with Crippen LogP contribution in [0.1, 0.15) is 109 Å². The first kappa shape index (κ1) is 58.2. The predicted octanol–water partition coefficient (Wildman–Crippen LogP) is 4.50. The molecule has 0 aromatic rings. The number of hydrogen-bond acceptors (Lipinski definition) is 16. The van der Waals surface area contributed by atoms with Crippen molar-refractivity contribution in [3.05, 3.63) is 50.6 Å². The van der Waals surface area contributed by atoms with E-state index in [0.717, 1.165) is 6.08 Å². The quantitative estimate of drug-likeness (QED) is 0.0500. The van der Waals surface area contributed by atoms with E-state index in [2.05, 4.69) is 26.3 Å². The molecule has 4 unspecified atom stereocenters. The van der Waals surface area contributed by atoms with Gasteiger partial charge in [0.2, 0.25) is 5.78 Å². The Balaban J connectivity index is 6.77. The molecule has 61 heavy (non-hydrogen) atoms. The summed E-state index contributed by atoms with van der Waals surface area (Å²) in [6.07, 6.45) is 5.56. The number of ketones is 4. The van der Waals surface area contributed by atoms with E-state index in [1.54, 1.807) is 62.3 Å². The molecular weight excluding hydrogens is 789 g/mol. The molecule has 0 aromatic carbocycles. The highest BCUT2D eigenvalue weighted by Crippen LogP contribution is 2.31. The molecule has 4 atom stereocenters. The van der Waals surface area contributed by atoms with Gasteiger partial charge in [-0.3, -0.25) is 24.9 Å². The molecule has 352 valence electrons. The number of rotatable bonds is 36. The van der Waals surface area contributed by atoms with Crippen LogP contribution in [0.15, 0.2) is 50.6 Å². The van der Waals surface area contributed by atoms with Crippen molar-refractivity contribution in [1.29, 1.82) is 0 Å². The molecule has 0 fully saturated rings. The summed E-state index contributed by atoms with van der Waals surface area (Å²) in [4.78, 5) is 49.2. The zero-order valence-electron chi connectivity index (χ0n) is 39.3. The van der Waals surface area contributed by atoms with E-state index in [1.807, 2.05) is 13.8 Å². The Bertz CT molecular complexity index is 1280. The van der Waals surface area contributed by atoms with Crippen LogP contribution in [0.3, 0.4) is 0 Å². The van der Waals surface area contributed by atoms with Gasteiger partial charge in [-0.15, -0.1) is 0 Å². The second-order valence-electron chi connectivity index (χ2n) is 18.7. The Morgan fingerprint density at radius 2 is 0.656 bits per heavy atom. The van der Waals surface area contributed by atoms with Gasteiger partial charge in [0.15, 0.2) is 23.1 Å². The van der Waals surface area contributed by atoms with Crippen molar-refractivity contribution in [1.82, 2.24) is 0 Å². The second-order valence-corrected chi connectivity index (χ2v) is 18.7. The summed E-state index contributed by atoms with van der Waals surface area (Å²) in [5, 5.41) is 0. The maximum absolute atomic E-state index is 12.3. The van der Waals surface area contributed by atoms with Gasteiger partial charge in [-0.1, -0.05) is 26.3 Å². The average molecular weight is 869 g/mol. The number of nitrogens with two attached hydrogens (primary N) is 4. The summed E-state index contributed by atoms with van der Waals surface area (Å²) >= 11 is 0. The van der Waals surface area contributed by atoms with Crippen LogP contribution in [0.25, 0.3) is 0 Å². The van der Waals surface area contributed by atoms with Gasteiger partial charge in [0.1, 0.15) is 34.0 Å². The highest BCUT2D eigenvalue weighted by Gasteiger charge is 2.41. The number of carbonyl (C=O) groups is 4.